The molecule has 0 aromatic carbocycles. The topological polar surface area (TPSA) is 46.5 Å². The highest BCUT2D eigenvalue weighted by atomic mass is 16.5. The fourth-order valence-corrected chi connectivity index (χ4v) is 2.31. The predicted octanol–water partition coefficient (Wildman–Crippen LogP) is 2.64. The second kappa shape index (κ2) is 5.30. The van der Waals surface area contributed by atoms with Gasteiger partial charge in [0.1, 0.15) is 0 Å². The summed E-state index contributed by atoms with van der Waals surface area (Å²) in [5.41, 5.74) is 0.422. The van der Waals surface area contributed by atoms with Gasteiger partial charge >= 0.3 is 5.97 Å². The maximum Gasteiger partial charge on any atom is 0.314 e. The van der Waals surface area contributed by atoms with E-state index in [1.807, 2.05) is 32.1 Å². The molecule has 1 rings (SSSR count). The SMILES string of the molecule is CCC1(C(=O)O)C=CC=C(CCOC)C1C. The molecule has 0 spiro atoms. The average molecular weight is 224 g/mol. The van der Waals surface area contributed by atoms with Gasteiger partial charge in [-0.05, 0) is 18.8 Å². The number of carbonyl (C=O) groups is 1. The Morgan fingerprint density at radius 3 is 2.81 bits per heavy atom. The Bertz CT molecular complexity index is 317. The molecule has 0 saturated heterocycles. The molecule has 0 aromatic rings. The number of aliphatic carboxylic acids is 1. The highest BCUT2D eigenvalue weighted by molar-refractivity contribution is 5.78. The van der Waals surface area contributed by atoms with Crippen molar-refractivity contribution in [3.63, 3.8) is 0 Å². The Hall–Kier alpha value is -1.09. The van der Waals surface area contributed by atoms with Crippen molar-refractivity contribution in [2.45, 2.75) is 26.7 Å². The van der Waals surface area contributed by atoms with E-state index in [9.17, 15) is 9.90 Å². The standard InChI is InChI=1S/C13H20O3/c1-4-13(12(14)15)8-5-6-11(10(13)2)7-9-16-3/h5-6,8,10H,4,7,9H2,1-3H3,(H,14,15). The molecule has 2 unspecified atom stereocenters. The fraction of sp³-hybridized carbons (Fsp3) is 0.615. The minimum absolute atomic E-state index is 0.0372. The van der Waals surface area contributed by atoms with E-state index in [0.717, 1.165) is 12.0 Å². The van der Waals surface area contributed by atoms with Gasteiger partial charge in [-0.1, -0.05) is 37.6 Å². The Balaban J connectivity index is 2.91. The first-order chi connectivity index (χ1) is 7.58. The normalized spacial score (nSPS) is 28.9. The molecule has 3 heteroatoms. The zero-order chi connectivity index (χ0) is 12.2. The fourth-order valence-electron chi connectivity index (χ4n) is 2.31. The van der Waals surface area contributed by atoms with E-state index in [1.165, 1.54) is 0 Å². The number of allylic oxidation sites excluding steroid dienone is 2. The Kier molecular flexibility index (Phi) is 4.30. The molecule has 0 bridgehead atoms. The van der Waals surface area contributed by atoms with Crippen molar-refractivity contribution in [2.24, 2.45) is 11.3 Å². The number of methoxy groups -OCH3 is 1. The number of hydrogen-bond donors (Lipinski definition) is 1. The van der Waals surface area contributed by atoms with Crippen LogP contribution in [0, 0.1) is 11.3 Å². The molecule has 0 fully saturated rings. The minimum Gasteiger partial charge on any atom is -0.481 e. The summed E-state index contributed by atoms with van der Waals surface area (Å²) in [6.07, 6.45) is 7.11. The maximum absolute atomic E-state index is 11.4. The Morgan fingerprint density at radius 1 is 1.62 bits per heavy atom. The van der Waals surface area contributed by atoms with E-state index in [1.54, 1.807) is 7.11 Å². The molecule has 1 aliphatic carbocycles. The lowest BCUT2D eigenvalue weighted by atomic mass is 9.68. The van der Waals surface area contributed by atoms with E-state index in [-0.39, 0.29) is 5.92 Å². The van der Waals surface area contributed by atoms with Crippen LogP contribution in [0.5, 0.6) is 0 Å². The molecular weight excluding hydrogens is 204 g/mol. The van der Waals surface area contributed by atoms with Crippen molar-refractivity contribution in [3.8, 4) is 0 Å². The minimum atomic E-state index is -0.738. The summed E-state index contributed by atoms with van der Waals surface area (Å²) in [5, 5.41) is 9.39. The van der Waals surface area contributed by atoms with E-state index >= 15 is 0 Å². The first kappa shape index (κ1) is 13.0. The lowest BCUT2D eigenvalue weighted by Gasteiger charge is -2.35. The van der Waals surface area contributed by atoms with Crippen molar-refractivity contribution in [1.82, 2.24) is 0 Å². The monoisotopic (exact) mass is 224 g/mol. The van der Waals surface area contributed by atoms with Gasteiger partial charge in [0.15, 0.2) is 0 Å². The first-order valence-electron chi connectivity index (χ1n) is 5.69. The lowest BCUT2D eigenvalue weighted by molar-refractivity contribution is -0.148. The van der Waals surface area contributed by atoms with Crippen LogP contribution >= 0.6 is 0 Å². The van der Waals surface area contributed by atoms with Crippen LogP contribution in [0.2, 0.25) is 0 Å². The van der Waals surface area contributed by atoms with Crippen LogP contribution in [0.3, 0.4) is 0 Å². The number of hydrogen-bond acceptors (Lipinski definition) is 2. The Labute approximate surface area is 96.8 Å². The molecule has 0 saturated carbocycles. The maximum atomic E-state index is 11.4. The molecule has 0 radical (unpaired) electrons. The lowest BCUT2D eigenvalue weighted by Crippen LogP contribution is -2.37. The summed E-state index contributed by atoms with van der Waals surface area (Å²) in [5.74, 6) is -0.697. The molecule has 1 N–H and O–H groups in total. The molecule has 1 aliphatic rings. The molecule has 0 aliphatic heterocycles. The Morgan fingerprint density at radius 2 is 2.31 bits per heavy atom. The summed E-state index contributed by atoms with van der Waals surface area (Å²) in [6.45, 7) is 4.56. The van der Waals surface area contributed by atoms with E-state index < -0.39 is 11.4 Å². The second-order valence-electron chi connectivity index (χ2n) is 4.26. The van der Waals surface area contributed by atoms with Gasteiger partial charge in [0.05, 0.1) is 5.41 Å². The third-order valence-electron chi connectivity index (χ3n) is 3.61. The van der Waals surface area contributed by atoms with Gasteiger partial charge in [-0.2, -0.15) is 0 Å². The van der Waals surface area contributed by atoms with Crippen molar-refractivity contribution >= 4 is 5.97 Å². The van der Waals surface area contributed by atoms with E-state index in [4.69, 9.17) is 4.74 Å². The highest BCUT2D eigenvalue weighted by Crippen LogP contribution is 2.41. The van der Waals surface area contributed by atoms with Crippen LogP contribution in [0.1, 0.15) is 26.7 Å². The second-order valence-corrected chi connectivity index (χ2v) is 4.26. The van der Waals surface area contributed by atoms with E-state index in [2.05, 4.69) is 0 Å². The number of ether oxygens (including phenoxy) is 1. The molecule has 16 heavy (non-hydrogen) atoms. The van der Waals surface area contributed by atoms with E-state index in [0.29, 0.717) is 13.0 Å². The van der Waals surface area contributed by atoms with Crippen molar-refractivity contribution < 1.29 is 14.6 Å². The largest absolute Gasteiger partial charge is 0.481 e. The highest BCUT2D eigenvalue weighted by Gasteiger charge is 2.42. The van der Waals surface area contributed by atoms with Crippen LogP contribution in [0.4, 0.5) is 0 Å². The molecule has 3 nitrogen and oxygen atoms in total. The number of carboxylic acids is 1. The summed E-state index contributed by atoms with van der Waals surface area (Å²) >= 11 is 0. The third kappa shape index (κ3) is 2.19. The summed E-state index contributed by atoms with van der Waals surface area (Å²) in [7, 11) is 1.66. The molecule has 0 aromatic heterocycles. The number of carboxylic acid groups (broad SMARTS) is 1. The van der Waals surface area contributed by atoms with Gasteiger partial charge in [-0.25, -0.2) is 0 Å². The molecule has 0 heterocycles. The average Bonchev–Trinajstić information content (AvgIpc) is 2.27. The van der Waals surface area contributed by atoms with Gasteiger partial charge in [-0.3, -0.25) is 4.79 Å². The quantitative estimate of drug-likeness (QED) is 0.781. The third-order valence-corrected chi connectivity index (χ3v) is 3.61. The molecule has 90 valence electrons. The number of rotatable bonds is 5. The van der Waals surface area contributed by atoms with Gasteiger partial charge < -0.3 is 9.84 Å². The van der Waals surface area contributed by atoms with Crippen LogP contribution in [-0.4, -0.2) is 24.8 Å². The summed E-state index contributed by atoms with van der Waals surface area (Å²) < 4.78 is 5.04. The van der Waals surface area contributed by atoms with Crippen LogP contribution in [0.15, 0.2) is 23.8 Å². The molecule has 2 atom stereocenters. The smallest absolute Gasteiger partial charge is 0.314 e. The molecule has 0 amide bonds. The van der Waals surface area contributed by atoms with Crippen LogP contribution in [0.25, 0.3) is 0 Å². The van der Waals surface area contributed by atoms with Gasteiger partial charge in [0.25, 0.3) is 0 Å². The zero-order valence-corrected chi connectivity index (χ0v) is 10.2. The van der Waals surface area contributed by atoms with Gasteiger partial charge in [0.2, 0.25) is 0 Å². The van der Waals surface area contributed by atoms with Crippen molar-refractivity contribution in [3.05, 3.63) is 23.8 Å². The zero-order valence-electron chi connectivity index (χ0n) is 10.2. The van der Waals surface area contributed by atoms with Crippen molar-refractivity contribution in [1.29, 1.82) is 0 Å². The van der Waals surface area contributed by atoms with Gasteiger partial charge in [0, 0.05) is 13.7 Å². The summed E-state index contributed by atoms with van der Waals surface area (Å²) in [4.78, 5) is 11.4. The summed E-state index contributed by atoms with van der Waals surface area (Å²) in [6, 6.07) is 0. The van der Waals surface area contributed by atoms with Crippen LogP contribution < -0.4 is 0 Å². The first-order valence-corrected chi connectivity index (χ1v) is 5.69. The van der Waals surface area contributed by atoms with Crippen LogP contribution in [-0.2, 0) is 9.53 Å². The van der Waals surface area contributed by atoms with Crippen molar-refractivity contribution in [2.75, 3.05) is 13.7 Å². The van der Waals surface area contributed by atoms with Gasteiger partial charge in [-0.15, -0.1) is 0 Å². The predicted molar refractivity (Wildman–Crippen MR) is 63.2 cm³/mol. The molecular formula is C13H20O3.